The van der Waals surface area contributed by atoms with Crippen molar-refractivity contribution in [1.29, 1.82) is 0 Å². The van der Waals surface area contributed by atoms with Gasteiger partial charge >= 0.3 is 0 Å². The summed E-state index contributed by atoms with van der Waals surface area (Å²) >= 11 is 0. The van der Waals surface area contributed by atoms with Gasteiger partial charge in [0, 0.05) is 24.9 Å². The van der Waals surface area contributed by atoms with Crippen LogP contribution in [0.25, 0.3) is 0 Å². The Morgan fingerprint density at radius 3 is 2.67 bits per heavy atom. The summed E-state index contributed by atoms with van der Waals surface area (Å²) < 4.78 is 23.5. The molecule has 6 heteroatoms. The third kappa shape index (κ3) is 4.99. The van der Waals surface area contributed by atoms with Crippen molar-refractivity contribution in [3.8, 4) is 0 Å². The molecule has 0 aromatic carbocycles. The molecule has 3 aliphatic rings. The van der Waals surface area contributed by atoms with Gasteiger partial charge in [-0.05, 0) is 49.9 Å². The van der Waals surface area contributed by atoms with Crippen LogP contribution in [0.5, 0.6) is 0 Å². The van der Waals surface area contributed by atoms with Crippen molar-refractivity contribution in [3.05, 3.63) is 23.8 Å². The standard InChI is InChI=1S/C24H40O5Si/c1-23(2,3)30(5,6)29-22-18-7-9-19-15-21(28-17-27-14-13-26-4)11-12-24(19,22)16-20(25)10-8-18/h8,10,15,18,21-22H,7,9,11-14,16-17H2,1-6H3/t18-,21-,22-,24+/m0/s1. The van der Waals surface area contributed by atoms with E-state index >= 15 is 0 Å². The molecule has 30 heavy (non-hydrogen) atoms. The molecule has 2 bridgehead atoms. The van der Waals surface area contributed by atoms with Crippen LogP contribution < -0.4 is 0 Å². The molecule has 1 spiro atoms. The number of carbonyl (C=O) groups is 1. The zero-order valence-electron chi connectivity index (χ0n) is 19.7. The maximum atomic E-state index is 12.7. The number of ketones is 1. The maximum absolute atomic E-state index is 12.7. The molecular formula is C24H40O5Si. The fourth-order valence-electron chi connectivity index (χ4n) is 4.84. The molecule has 0 aromatic heterocycles. The lowest BCUT2D eigenvalue weighted by atomic mass is 9.58. The first-order chi connectivity index (χ1) is 14.1. The van der Waals surface area contributed by atoms with E-state index in [-0.39, 0.29) is 35.2 Å². The molecule has 0 heterocycles. The van der Waals surface area contributed by atoms with Crippen LogP contribution in [-0.4, -0.2) is 53.4 Å². The van der Waals surface area contributed by atoms with E-state index in [0.29, 0.717) is 25.6 Å². The normalized spacial score (nSPS) is 31.9. The minimum Gasteiger partial charge on any atom is -0.412 e. The zero-order valence-corrected chi connectivity index (χ0v) is 20.7. The summed E-state index contributed by atoms with van der Waals surface area (Å²) in [5.74, 6) is 0.550. The first-order valence-corrected chi connectivity index (χ1v) is 14.3. The van der Waals surface area contributed by atoms with Crippen LogP contribution in [0.4, 0.5) is 0 Å². The molecular weight excluding hydrogens is 396 g/mol. The lowest BCUT2D eigenvalue weighted by Crippen LogP contribution is -2.55. The molecule has 0 radical (unpaired) electrons. The third-order valence-electron chi connectivity index (χ3n) is 7.63. The lowest BCUT2D eigenvalue weighted by molar-refractivity contribution is -0.120. The largest absolute Gasteiger partial charge is 0.412 e. The third-order valence-corrected chi connectivity index (χ3v) is 12.1. The molecule has 0 N–H and O–H groups in total. The molecule has 170 valence electrons. The number of methoxy groups -OCH3 is 1. The van der Waals surface area contributed by atoms with Crippen molar-refractivity contribution in [3.63, 3.8) is 0 Å². The average molecular weight is 437 g/mol. The fraction of sp³-hybridized carbons (Fsp3) is 0.792. The van der Waals surface area contributed by atoms with Gasteiger partial charge < -0.3 is 18.6 Å². The zero-order chi connectivity index (χ0) is 22.0. The minimum absolute atomic E-state index is 0.0459. The molecule has 0 amide bonds. The van der Waals surface area contributed by atoms with E-state index < -0.39 is 8.32 Å². The number of carbonyl (C=O) groups excluding carboxylic acids is 1. The van der Waals surface area contributed by atoms with E-state index in [9.17, 15) is 4.79 Å². The second kappa shape index (κ2) is 9.37. The van der Waals surface area contributed by atoms with E-state index in [0.717, 1.165) is 25.7 Å². The molecule has 3 aliphatic carbocycles. The fourth-order valence-corrected chi connectivity index (χ4v) is 6.23. The van der Waals surface area contributed by atoms with E-state index in [4.69, 9.17) is 18.6 Å². The summed E-state index contributed by atoms with van der Waals surface area (Å²) in [4.78, 5) is 12.7. The Morgan fingerprint density at radius 1 is 1.20 bits per heavy atom. The Morgan fingerprint density at radius 2 is 1.97 bits per heavy atom. The molecule has 1 saturated carbocycles. The van der Waals surface area contributed by atoms with Crippen LogP contribution in [0.15, 0.2) is 23.8 Å². The van der Waals surface area contributed by atoms with Crippen LogP contribution in [0, 0.1) is 11.3 Å². The van der Waals surface area contributed by atoms with Crippen molar-refractivity contribution in [1.82, 2.24) is 0 Å². The van der Waals surface area contributed by atoms with Crippen molar-refractivity contribution in [2.24, 2.45) is 11.3 Å². The Bertz CT molecular complexity index is 678. The topological polar surface area (TPSA) is 54.0 Å². The summed E-state index contributed by atoms with van der Waals surface area (Å²) in [5.41, 5.74) is 1.18. The van der Waals surface area contributed by atoms with Gasteiger partial charge in [0.2, 0.25) is 0 Å². The Labute approximate surface area is 183 Å². The number of fused-ring (bicyclic) bond motifs is 1. The van der Waals surface area contributed by atoms with Crippen LogP contribution in [0.2, 0.25) is 18.1 Å². The van der Waals surface area contributed by atoms with Gasteiger partial charge in [-0.3, -0.25) is 4.79 Å². The van der Waals surface area contributed by atoms with Gasteiger partial charge in [0.05, 0.1) is 25.4 Å². The van der Waals surface area contributed by atoms with E-state index in [1.165, 1.54) is 5.57 Å². The molecule has 0 aliphatic heterocycles. The Balaban J connectivity index is 1.82. The number of ether oxygens (including phenoxy) is 3. The second-order valence-electron chi connectivity index (χ2n) is 10.6. The summed E-state index contributed by atoms with van der Waals surface area (Å²) in [7, 11) is -0.307. The highest BCUT2D eigenvalue weighted by molar-refractivity contribution is 6.74. The minimum atomic E-state index is -1.97. The van der Waals surface area contributed by atoms with Crippen LogP contribution in [0.1, 0.15) is 52.9 Å². The number of hydrogen-bond acceptors (Lipinski definition) is 5. The quantitative estimate of drug-likeness (QED) is 0.231. The molecule has 3 rings (SSSR count). The van der Waals surface area contributed by atoms with Crippen molar-refractivity contribution < 1.29 is 23.4 Å². The monoisotopic (exact) mass is 436 g/mol. The average Bonchev–Trinajstić information content (AvgIpc) is 2.73. The lowest BCUT2D eigenvalue weighted by Gasteiger charge is -2.54. The highest BCUT2D eigenvalue weighted by Crippen LogP contribution is 2.56. The summed E-state index contributed by atoms with van der Waals surface area (Å²) in [6.07, 6.45) is 10.8. The molecule has 0 unspecified atom stereocenters. The van der Waals surface area contributed by atoms with Crippen molar-refractivity contribution >= 4 is 14.1 Å². The van der Waals surface area contributed by atoms with Gasteiger partial charge in [-0.25, -0.2) is 0 Å². The van der Waals surface area contributed by atoms with Gasteiger partial charge in [0.15, 0.2) is 14.1 Å². The highest BCUT2D eigenvalue weighted by atomic mass is 28.4. The summed E-state index contributed by atoms with van der Waals surface area (Å²) in [6, 6.07) is 0. The van der Waals surface area contributed by atoms with E-state index in [2.05, 4.69) is 46.0 Å². The Hall–Kier alpha value is -0.793. The highest BCUT2D eigenvalue weighted by Gasteiger charge is 2.54. The summed E-state index contributed by atoms with van der Waals surface area (Å²) in [5, 5.41) is 0.141. The summed E-state index contributed by atoms with van der Waals surface area (Å²) in [6.45, 7) is 12.9. The van der Waals surface area contributed by atoms with Crippen molar-refractivity contribution in [2.75, 3.05) is 27.1 Å². The van der Waals surface area contributed by atoms with E-state index in [1.54, 1.807) is 7.11 Å². The van der Waals surface area contributed by atoms with Crippen LogP contribution >= 0.6 is 0 Å². The first kappa shape index (κ1) is 23.9. The maximum Gasteiger partial charge on any atom is 0.192 e. The van der Waals surface area contributed by atoms with Gasteiger partial charge in [-0.2, -0.15) is 0 Å². The first-order valence-electron chi connectivity index (χ1n) is 11.4. The molecule has 0 aromatic rings. The SMILES string of the molecule is COCCOCO[C@@H]1C=C2CC[C@H]3C=CC(=O)C[C@@]2(CC1)[C@H]3O[Si](C)(C)C(C)(C)C. The molecule has 4 atom stereocenters. The van der Waals surface area contributed by atoms with Crippen LogP contribution in [0.3, 0.4) is 0 Å². The van der Waals surface area contributed by atoms with Gasteiger partial charge in [-0.1, -0.05) is 38.5 Å². The molecule has 0 saturated heterocycles. The number of allylic oxidation sites excluding steroid dienone is 1. The van der Waals surface area contributed by atoms with Gasteiger partial charge in [0.1, 0.15) is 6.79 Å². The van der Waals surface area contributed by atoms with Gasteiger partial charge in [-0.15, -0.1) is 0 Å². The molecule has 5 nitrogen and oxygen atoms in total. The van der Waals surface area contributed by atoms with Crippen LogP contribution in [-0.2, 0) is 23.4 Å². The smallest absolute Gasteiger partial charge is 0.192 e. The Kier molecular flexibility index (Phi) is 7.45. The van der Waals surface area contributed by atoms with Gasteiger partial charge in [0.25, 0.3) is 0 Å². The van der Waals surface area contributed by atoms with Crippen molar-refractivity contribution in [2.45, 2.75) is 83.2 Å². The van der Waals surface area contributed by atoms with E-state index in [1.807, 2.05) is 6.08 Å². The number of rotatable bonds is 8. The predicted molar refractivity (Wildman–Crippen MR) is 121 cm³/mol. The number of hydrogen-bond donors (Lipinski definition) is 0. The molecule has 1 fully saturated rings. The predicted octanol–water partition coefficient (Wildman–Crippen LogP) is 5.03. The second-order valence-corrected chi connectivity index (χ2v) is 15.4.